The minimum absolute atomic E-state index is 0.199. The number of rotatable bonds is 3. The minimum Gasteiger partial charge on any atom is -0.465 e. The summed E-state index contributed by atoms with van der Waals surface area (Å²) < 4.78 is 4.91. The molecular weight excluding hydrogens is 228 g/mol. The Morgan fingerprint density at radius 1 is 1.47 bits per heavy atom. The van der Waals surface area contributed by atoms with Gasteiger partial charge in [-0.15, -0.1) is 0 Å². The molecule has 0 bridgehead atoms. The van der Waals surface area contributed by atoms with Gasteiger partial charge in [0.05, 0.1) is 12.7 Å². The summed E-state index contributed by atoms with van der Waals surface area (Å²) in [6.07, 6.45) is 2.13. The summed E-state index contributed by atoms with van der Waals surface area (Å²) in [7, 11) is 0.249. The summed E-state index contributed by atoms with van der Waals surface area (Å²) in [5, 5.41) is 0. The largest absolute Gasteiger partial charge is 0.465 e. The monoisotopic (exact) mass is 252 g/mol. The van der Waals surface area contributed by atoms with Gasteiger partial charge in [0.25, 0.3) is 0 Å². The molecule has 0 N–H and O–H groups in total. The quantitative estimate of drug-likeness (QED) is 0.564. The molecule has 1 rings (SSSR count). The molecule has 0 radical (unpaired) electrons. The van der Waals surface area contributed by atoms with Gasteiger partial charge in [0.15, 0.2) is 0 Å². The zero-order chi connectivity index (χ0) is 13.2. The molecule has 3 heteroatoms. The van der Waals surface area contributed by atoms with Crippen LogP contribution in [0.1, 0.15) is 19.8 Å². The molecule has 1 aliphatic rings. The fraction of sp³-hybridized carbons (Fsp3) is 0.643. The summed E-state index contributed by atoms with van der Waals surface area (Å²) >= 11 is 0. The lowest BCUT2D eigenvalue weighted by molar-refractivity contribution is -0.136. The molecule has 0 aromatic carbocycles. The number of hydrogen-bond acceptors (Lipinski definition) is 2. The van der Waals surface area contributed by atoms with Gasteiger partial charge in [-0.25, -0.2) is 4.79 Å². The Morgan fingerprint density at radius 2 is 2.06 bits per heavy atom. The second kappa shape index (κ2) is 5.21. The lowest BCUT2D eigenvalue weighted by atomic mass is 9.82. The van der Waals surface area contributed by atoms with E-state index in [1.54, 1.807) is 0 Å². The number of carbonyl (C=O) groups excluding carboxylic acids is 1. The van der Waals surface area contributed by atoms with Crippen LogP contribution in [0.4, 0.5) is 0 Å². The lowest BCUT2D eigenvalue weighted by Crippen LogP contribution is -2.25. The number of allylic oxidation sites excluding steroid dienone is 1. The third kappa shape index (κ3) is 3.56. The van der Waals surface area contributed by atoms with Crippen molar-refractivity contribution in [3.63, 3.8) is 0 Å². The van der Waals surface area contributed by atoms with Crippen molar-refractivity contribution in [1.29, 1.82) is 0 Å². The van der Waals surface area contributed by atoms with Gasteiger partial charge in [-0.2, -0.15) is 0 Å². The number of carbonyl (C=O) groups is 1. The highest BCUT2D eigenvalue weighted by Crippen LogP contribution is 2.37. The van der Waals surface area contributed by atoms with E-state index in [-0.39, 0.29) is 5.97 Å². The molecule has 0 spiro atoms. The second-order valence-corrected chi connectivity index (χ2v) is 11.6. The minimum atomic E-state index is -1.20. The Kier molecular flexibility index (Phi) is 4.36. The maximum Gasteiger partial charge on any atom is 0.338 e. The number of ether oxygens (including phenoxy) is 1. The van der Waals surface area contributed by atoms with E-state index >= 15 is 0 Å². The van der Waals surface area contributed by atoms with Gasteiger partial charge in [-0.3, -0.25) is 0 Å². The molecule has 0 aromatic heterocycles. The summed E-state index contributed by atoms with van der Waals surface area (Å²) in [5.41, 5.74) is 3.03. The molecule has 0 amide bonds. The Morgan fingerprint density at radius 3 is 2.53 bits per heavy atom. The van der Waals surface area contributed by atoms with Crippen molar-refractivity contribution in [2.24, 2.45) is 5.92 Å². The van der Waals surface area contributed by atoms with E-state index in [1.165, 1.54) is 12.7 Å². The zero-order valence-corrected chi connectivity index (χ0v) is 12.7. The Bertz CT molecular complexity index is 361. The third-order valence-corrected chi connectivity index (χ3v) is 4.77. The molecule has 1 atom stereocenters. The van der Waals surface area contributed by atoms with E-state index in [2.05, 4.69) is 33.1 Å². The lowest BCUT2D eigenvalue weighted by Gasteiger charge is -2.29. The normalized spacial score (nSPS) is 21.7. The first-order chi connectivity index (χ1) is 7.76. The van der Waals surface area contributed by atoms with Crippen LogP contribution in [-0.2, 0) is 9.53 Å². The molecule has 0 fully saturated rings. The van der Waals surface area contributed by atoms with Gasteiger partial charge in [0, 0.05) is 8.07 Å². The number of esters is 1. The molecular formula is C14H24O2Si. The molecule has 0 heterocycles. The first-order valence-corrected chi connectivity index (χ1v) is 9.96. The van der Waals surface area contributed by atoms with Crippen molar-refractivity contribution >= 4 is 14.0 Å². The average molecular weight is 252 g/mol. The fourth-order valence-corrected chi connectivity index (χ4v) is 3.99. The molecule has 0 aliphatic heterocycles. The highest BCUT2D eigenvalue weighted by molar-refractivity contribution is 6.76. The first kappa shape index (κ1) is 14.2. The van der Waals surface area contributed by atoms with Crippen molar-refractivity contribution in [3.8, 4) is 0 Å². The van der Waals surface area contributed by atoms with Crippen molar-refractivity contribution in [2.45, 2.75) is 45.5 Å². The van der Waals surface area contributed by atoms with Crippen LogP contribution in [0, 0.1) is 5.92 Å². The Hall–Kier alpha value is -0.833. The van der Waals surface area contributed by atoms with Gasteiger partial charge in [-0.05, 0) is 30.4 Å². The van der Waals surface area contributed by atoms with Crippen molar-refractivity contribution in [1.82, 2.24) is 0 Å². The summed E-state index contributed by atoms with van der Waals surface area (Å²) in [5.74, 6) is 0.198. The van der Waals surface area contributed by atoms with Crippen molar-refractivity contribution < 1.29 is 9.53 Å². The molecule has 0 unspecified atom stereocenters. The molecule has 0 saturated heterocycles. The zero-order valence-electron chi connectivity index (χ0n) is 11.7. The maximum absolute atomic E-state index is 11.9. The van der Waals surface area contributed by atoms with Crippen LogP contribution in [0.25, 0.3) is 0 Å². The second-order valence-electron chi connectivity index (χ2n) is 6.17. The average Bonchev–Trinajstić information content (AvgIpc) is 2.21. The van der Waals surface area contributed by atoms with Gasteiger partial charge in [0.2, 0.25) is 0 Å². The molecule has 17 heavy (non-hydrogen) atoms. The first-order valence-electron chi connectivity index (χ1n) is 6.25. The van der Waals surface area contributed by atoms with Gasteiger partial charge in [-0.1, -0.05) is 38.7 Å². The third-order valence-electron chi connectivity index (χ3n) is 3.28. The van der Waals surface area contributed by atoms with E-state index in [0.29, 0.717) is 5.92 Å². The molecule has 0 saturated carbocycles. The van der Waals surface area contributed by atoms with Crippen LogP contribution < -0.4 is 0 Å². The Balaban J connectivity index is 3.12. The summed E-state index contributed by atoms with van der Waals surface area (Å²) in [6, 6.07) is 1.07. The predicted octanol–water partition coefficient (Wildman–Crippen LogP) is 3.78. The summed E-state index contributed by atoms with van der Waals surface area (Å²) in [6.45, 7) is 13.2. The Labute approximate surface area is 106 Å². The van der Waals surface area contributed by atoms with Crippen LogP contribution in [0.15, 0.2) is 23.3 Å². The smallest absolute Gasteiger partial charge is 0.338 e. The van der Waals surface area contributed by atoms with Gasteiger partial charge >= 0.3 is 5.97 Å². The molecule has 2 nitrogen and oxygen atoms in total. The van der Waals surface area contributed by atoms with Crippen LogP contribution in [0.2, 0.25) is 25.7 Å². The van der Waals surface area contributed by atoms with Crippen LogP contribution >= 0.6 is 0 Å². The SMILES string of the molecule is C=C1C(C(=O)OC)=C(C[Si](C)(C)C)CC[C@@H]1C. The topological polar surface area (TPSA) is 26.3 Å². The highest BCUT2D eigenvalue weighted by Gasteiger charge is 2.29. The van der Waals surface area contributed by atoms with Gasteiger partial charge < -0.3 is 4.74 Å². The highest BCUT2D eigenvalue weighted by atomic mass is 28.3. The maximum atomic E-state index is 11.9. The van der Waals surface area contributed by atoms with E-state index < -0.39 is 8.07 Å². The fourth-order valence-electron chi connectivity index (χ4n) is 2.36. The van der Waals surface area contributed by atoms with E-state index in [0.717, 1.165) is 30.0 Å². The molecule has 1 aliphatic carbocycles. The van der Waals surface area contributed by atoms with Crippen LogP contribution in [-0.4, -0.2) is 21.2 Å². The number of methoxy groups -OCH3 is 1. The van der Waals surface area contributed by atoms with Crippen LogP contribution in [0.3, 0.4) is 0 Å². The summed E-state index contributed by atoms with van der Waals surface area (Å²) in [4.78, 5) is 11.9. The van der Waals surface area contributed by atoms with E-state index in [9.17, 15) is 4.79 Å². The molecule has 0 aromatic rings. The van der Waals surface area contributed by atoms with Gasteiger partial charge in [0.1, 0.15) is 0 Å². The standard InChI is InChI=1S/C14H24O2Si/c1-10-7-8-12(9-17(4,5)6)13(11(10)2)14(15)16-3/h10H,2,7-9H2,1,3-6H3/t10-/m0/s1. The predicted molar refractivity (Wildman–Crippen MR) is 74.7 cm³/mol. The van der Waals surface area contributed by atoms with E-state index in [1.807, 2.05) is 0 Å². The van der Waals surface area contributed by atoms with Crippen molar-refractivity contribution in [3.05, 3.63) is 23.3 Å². The molecule has 96 valence electrons. The van der Waals surface area contributed by atoms with Crippen molar-refractivity contribution in [2.75, 3.05) is 7.11 Å². The number of hydrogen-bond donors (Lipinski definition) is 0. The van der Waals surface area contributed by atoms with E-state index in [4.69, 9.17) is 4.74 Å². The van der Waals surface area contributed by atoms with Crippen LogP contribution in [0.5, 0.6) is 0 Å².